The van der Waals surface area contributed by atoms with Crippen LogP contribution in [-0.4, -0.2) is 48.2 Å². The molecule has 1 heterocycles. The molecule has 5 nitrogen and oxygen atoms in total. The minimum Gasteiger partial charge on any atom is -0.497 e. The van der Waals surface area contributed by atoms with E-state index in [2.05, 4.69) is 4.98 Å². The van der Waals surface area contributed by atoms with E-state index < -0.39 is 0 Å². The number of amides is 1. The van der Waals surface area contributed by atoms with Gasteiger partial charge in [0.1, 0.15) is 5.75 Å². The van der Waals surface area contributed by atoms with Crippen molar-refractivity contribution >= 4 is 16.8 Å². The second-order valence-corrected chi connectivity index (χ2v) is 4.63. The Morgan fingerprint density at radius 1 is 1.40 bits per heavy atom. The predicted octanol–water partition coefficient (Wildman–Crippen LogP) is 1.62. The highest BCUT2D eigenvalue weighted by Crippen LogP contribution is 2.22. The van der Waals surface area contributed by atoms with E-state index in [-0.39, 0.29) is 12.5 Å². The molecule has 20 heavy (non-hydrogen) atoms. The summed E-state index contributed by atoms with van der Waals surface area (Å²) in [5.41, 5.74) is 2.02. The minimum atomic E-state index is -0.137. The van der Waals surface area contributed by atoms with Crippen LogP contribution in [0.4, 0.5) is 0 Å². The van der Waals surface area contributed by atoms with Crippen LogP contribution < -0.4 is 4.74 Å². The van der Waals surface area contributed by atoms with Gasteiger partial charge in [0.25, 0.3) is 5.91 Å². The van der Waals surface area contributed by atoms with Crippen molar-refractivity contribution in [3.8, 4) is 5.75 Å². The molecule has 106 valence electrons. The fourth-order valence-electron chi connectivity index (χ4n) is 2.04. The van der Waals surface area contributed by atoms with E-state index in [1.54, 1.807) is 21.1 Å². The summed E-state index contributed by atoms with van der Waals surface area (Å²) in [6.07, 6.45) is 0. The summed E-state index contributed by atoms with van der Waals surface area (Å²) in [6, 6.07) is 7.38. The lowest BCUT2D eigenvalue weighted by molar-refractivity contribution is 0.0766. The van der Waals surface area contributed by atoms with E-state index >= 15 is 0 Å². The summed E-state index contributed by atoms with van der Waals surface area (Å²) in [5.74, 6) is 0.600. The van der Waals surface area contributed by atoms with E-state index in [0.717, 1.165) is 16.7 Å². The first kappa shape index (κ1) is 14.3. The molecule has 0 unspecified atom stereocenters. The van der Waals surface area contributed by atoms with Gasteiger partial charge < -0.3 is 14.7 Å². The number of methoxy groups -OCH3 is 1. The highest BCUT2D eigenvalue weighted by molar-refractivity contribution is 5.98. The molecule has 0 atom stereocenters. The lowest BCUT2D eigenvalue weighted by Gasteiger charge is -2.17. The van der Waals surface area contributed by atoms with Crippen LogP contribution in [0.25, 0.3) is 10.9 Å². The van der Waals surface area contributed by atoms with Crippen LogP contribution in [0.15, 0.2) is 24.3 Å². The Hall–Kier alpha value is -2.14. The first-order chi connectivity index (χ1) is 9.56. The van der Waals surface area contributed by atoms with Crippen LogP contribution in [0.1, 0.15) is 16.1 Å². The third-order valence-corrected chi connectivity index (χ3v) is 3.23. The Balaban J connectivity index is 2.45. The number of hydrogen-bond donors (Lipinski definition) is 1. The number of hydrogen-bond acceptors (Lipinski definition) is 4. The number of aliphatic hydroxyl groups excluding tert-OH is 1. The van der Waals surface area contributed by atoms with Crippen LogP contribution in [0, 0.1) is 6.92 Å². The molecule has 0 aliphatic rings. The molecule has 0 aliphatic heterocycles. The second kappa shape index (κ2) is 5.88. The average molecular weight is 274 g/mol. The quantitative estimate of drug-likeness (QED) is 0.920. The van der Waals surface area contributed by atoms with Gasteiger partial charge in [-0.15, -0.1) is 0 Å². The molecule has 0 saturated heterocycles. The Morgan fingerprint density at radius 2 is 2.15 bits per heavy atom. The van der Waals surface area contributed by atoms with Crippen molar-refractivity contribution < 1.29 is 14.6 Å². The molecule has 0 saturated carbocycles. The molecule has 2 rings (SSSR count). The van der Waals surface area contributed by atoms with Crippen LogP contribution in [-0.2, 0) is 0 Å². The Morgan fingerprint density at radius 3 is 2.80 bits per heavy atom. The number of fused-ring (bicyclic) bond motifs is 1. The zero-order valence-corrected chi connectivity index (χ0v) is 11.9. The van der Waals surface area contributed by atoms with E-state index in [1.807, 2.05) is 24.3 Å². The van der Waals surface area contributed by atoms with Crippen molar-refractivity contribution in [3.05, 3.63) is 35.5 Å². The Labute approximate surface area is 117 Å². The number of likely N-dealkylation sites (N-methyl/N-ethyl adjacent to an activating group) is 1. The monoisotopic (exact) mass is 274 g/mol. The van der Waals surface area contributed by atoms with Crippen molar-refractivity contribution in [1.82, 2.24) is 9.88 Å². The summed E-state index contributed by atoms with van der Waals surface area (Å²) in [7, 11) is 3.27. The molecular weight excluding hydrogens is 256 g/mol. The maximum Gasteiger partial charge on any atom is 0.255 e. The largest absolute Gasteiger partial charge is 0.497 e. The molecule has 1 aromatic carbocycles. The smallest absolute Gasteiger partial charge is 0.255 e. The third kappa shape index (κ3) is 2.72. The van der Waals surface area contributed by atoms with Gasteiger partial charge >= 0.3 is 0 Å². The molecule has 2 aromatic rings. The van der Waals surface area contributed by atoms with E-state index in [0.29, 0.717) is 17.8 Å². The number of nitrogens with zero attached hydrogens (tertiary/aromatic N) is 2. The fourth-order valence-corrected chi connectivity index (χ4v) is 2.04. The fraction of sp³-hybridized carbons (Fsp3) is 0.333. The van der Waals surface area contributed by atoms with Gasteiger partial charge in [-0.1, -0.05) is 0 Å². The number of benzene rings is 1. The number of aromatic nitrogens is 1. The average Bonchev–Trinajstić information content (AvgIpc) is 2.45. The molecule has 1 aromatic heterocycles. The van der Waals surface area contributed by atoms with Crippen molar-refractivity contribution in [3.63, 3.8) is 0 Å². The number of ether oxygens (including phenoxy) is 1. The lowest BCUT2D eigenvalue weighted by atomic mass is 10.1. The Kier molecular flexibility index (Phi) is 4.20. The van der Waals surface area contributed by atoms with Gasteiger partial charge in [0, 0.05) is 25.0 Å². The standard InChI is InChI=1S/C15H18N2O3/c1-10-13(15(19)17(2)6-7-18)8-11-4-5-12(20-3)9-14(11)16-10/h4-5,8-9,18H,6-7H2,1-3H3. The zero-order chi connectivity index (χ0) is 14.7. The first-order valence-electron chi connectivity index (χ1n) is 6.38. The van der Waals surface area contributed by atoms with E-state index in [1.165, 1.54) is 4.90 Å². The molecular formula is C15H18N2O3. The minimum absolute atomic E-state index is 0.0561. The number of aliphatic hydroxyl groups is 1. The molecule has 5 heteroatoms. The van der Waals surface area contributed by atoms with Crippen LogP contribution in [0.2, 0.25) is 0 Å². The number of rotatable bonds is 4. The van der Waals surface area contributed by atoms with Crippen molar-refractivity contribution in [2.24, 2.45) is 0 Å². The van der Waals surface area contributed by atoms with E-state index in [9.17, 15) is 4.79 Å². The normalized spacial score (nSPS) is 10.6. The van der Waals surface area contributed by atoms with Gasteiger partial charge in [-0.05, 0) is 25.1 Å². The highest BCUT2D eigenvalue weighted by Gasteiger charge is 2.15. The van der Waals surface area contributed by atoms with E-state index in [4.69, 9.17) is 9.84 Å². The lowest BCUT2D eigenvalue weighted by Crippen LogP contribution is -2.30. The van der Waals surface area contributed by atoms with Gasteiger partial charge in [0.05, 0.1) is 30.5 Å². The van der Waals surface area contributed by atoms with Crippen molar-refractivity contribution in [2.45, 2.75) is 6.92 Å². The summed E-state index contributed by atoms with van der Waals surface area (Å²) < 4.78 is 5.17. The summed E-state index contributed by atoms with van der Waals surface area (Å²) in [6.45, 7) is 2.05. The van der Waals surface area contributed by atoms with Crippen LogP contribution >= 0.6 is 0 Å². The van der Waals surface area contributed by atoms with Gasteiger partial charge in [-0.3, -0.25) is 9.78 Å². The van der Waals surface area contributed by atoms with Gasteiger partial charge in [-0.2, -0.15) is 0 Å². The van der Waals surface area contributed by atoms with Gasteiger partial charge in [0.15, 0.2) is 0 Å². The summed E-state index contributed by atoms with van der Waals surface area (Å²) >= 11 is 0. The van der Waals surface area contributed by atoms with Gasteiger partial charge in [0.2, 0.25) is 0 Å². The Bertz CT molecular complexity index is 640. The van der Waals surface area contributed by atoms with Gasteiger partial charge in [-0.25, -0.2) is 0 Å². The van der Waals surface area contributed by atoms with Crippen LogP contribution in [0.5, 0.6) is 5.75 Å². The molecule has 0 spiro atoms. The third-order valence-electron chi connectivity index (χ3n) is 3.23. The molecule has 1 N–H and O–H groups in total. The topological polar surface area (TPSA) is 62.7 Å². The molecule has 1 amide bonds. The highest BCUT2D eigenvalue weighted by atomic mass is 16.5. The van der Waals surface area contributed by atoms with Crippen molar-refractivity contribution in [1.29, 1.82) is 0 Å². The SMILES string of the molecule is COc1ccc2cc(C(=O)N(C)CCO)c(C)nc2c1. The predicted molar refractivity (Wildman–Crippen MR) is 77.1 cm³/mol. The summed E-state index contributed by atoms with van der Waals surface area (Å²) in [4.78, 5) is 18.2. The second-order valence-electron chi connectivity index (χ2n) is 4.63. The van der Waals surface area contributed by atoms with Crippen LogP contribution in [0.3, 0.4) is 0 Å². The zero-order valence-electron chi connectivity index (χ0n) is 11.9. The molecule has 0 radical (unpaired) electrons. The number of carbonyl (C=O) groups is 1. The summed E-state index contributed by atoms with van der Waals surface area (Å²) in [5, 5.41) is 9.79. The van der Waals surface area contributed by atoms with Crippen molar-refractivity contribution in [2.75, 3.05) is 27.3 Å². The molecule has 0 fully saturated rings. The maximum atomic E-state index is 12.3. The number of pyridine rings is 1. The first-order valence-corrected chi connectivity index (χ1v) is 6.38. The number of carbonyl (C=O) groups excluding carboxylic acids is 1. The maximum absolute atomic E-state index is 12.3. The number of aryl methyl sites for hydroxylation is 1. The molecule has 0 bridgehead atoms. The molecule has 0 aliphatic carbocycles.